The first-order valence-corrected chi connectivity index (χ1v) is 15.3. The predicted molar refractivity (Wildman–Crippen MR) is 140 cm³/mol. The monoisotopic (exact) mass is 526 g/mol. The second kappa shape index (κ2) is 6.74. The van der Waals surface area contributed by atoms with E-state index in [1.165, 1.54) is 32.1 Å². The molecule has 0 aromatic rings. The van der Waals surface area contributed by atoms with Crippen LogP contribution in [0.5, 0.6) is 0 Å². The number of carbonyl (C=O) groups is 1. The summed E-state index contributed by atoms with van der Waals surface area (Å²) in [4.78, 5) is 12.6. The minimum absolute atomic E-state index is 0.0307. The van der Waals surface area contributed by atoms with Gasteiger partial charge < -0.3 is 24.1 Å². The third-order valence-corrected chi connectivity index (χ3v) is 14.2. The molecule has 5 aliphatic carbocycles. The highest BCUT2D eigenvalue weighted by molar-refractivity contribution is 5.66. The van der Waals surface area contributed by atoms with Crippen molar-refractivity contribution in [1.29, 1.82) is 0 Å². The maximum atomic E-state index is 12.6. The van der Waals surface area contributed by atoms with Crippen molar-refractivity contribution >= 4 is 5.97 Å². The largest absolute Gasteiger partial charge is 0.462 e. The highest BCUT2D eigenvalue weighted by atomic mass is 16.8. The molecule has 0 amide bonds. The van der Waals surface area contributed by atoms with Crippen molar-refractivity contribution in [2.45, 2.75) is 136 Å². The van der Waals surface area contributed by atoms with E-state index in [2.05, 4.69) is 40.7 Å². The zero-order chi connectivity index (χ0) is 26.9. The molecule has 0 radical (unpaired) electrons. The molecule has 3 heterocycles. The molecule has 0 aromatic heterocycles. The highest BCUT2D eigenvalue weighted by Crippen LogP contribution is 2.88. The van der Waals surface area contributed by atoms with Gasteiger partial charge in [0.15, 0.2) is 6.29 Å². The Morgan fingerprint density at radius 2 is 1.82 bits per heavy atom. The van der Waals surface area contributed by atoms with Gasteiger partial charge in [-0.1, -0.05) is 52.7 Å². The van der Waals surface area contributed by atoms with Gasteiger partial charge in [-0.05, 0) is 74.0 Å². The van der Waals surface area contributed by atoms with Crippen LogP contribution in [0, 0.1) is 44.8 Å². The van der Waals surface area contributed by atoms with Gasteiger partial charge >= 0.3 is 5.97 Å². The van der Waals surface area contributed by atoms with E-state index < -0.39 is 17.7 Å². The molecule has 3 saturated heterocycles. The Kier molecular flexibility index (Phi) is 4.40. The zero-order valence-corrected chi connectivity index (χ0v) is 24.3. The fraction of sp³-hybridized carbons (Fsp3) is 0.906. The molecular weight excluding hydrogens is 480 g/mol. The van der Waals surface area contributed by atoms with Crippen molar-refractivity contribution in [3.05, 3.63) is 11.6 Å². The number of hydrogen-bond donors (Lipinski definition) is 1. The lowest BCUT2D eigenvalue weighted by atomic mass is 9.44. The zero-order valence-electron chi connectivity index (χ0n) is 24.3. The topological polar surface area (TPSA) is 77.5 Å². The fourth-order valence-electron chi connectivity index (χ4n) is 12.6. The van der Waals surface area contributed by atoms with Gasteiger partial charge in [0, 0.05) is 29.6 Å². The summed E-state index contributed by atoms with van der Waals surface area (Å²) in [6.45, 7) is 15.7. The summed E-state index contributed by atoms with van der Waals surface area (Å²) in [5, 5.41) is 10.6. The number of epoxide rings is 1. The van der Waals surface area contributed by atoms with Crippen molar-refractivity contribution in [2.24, 2.45) is 44.8 Å². The number of allylic oxidation sites excluding steroid dienone is 2. The van der Waals surface area contributed by atoms with Crippen LogP contribution in [0.15, 0.2) is 11.6 Å². The van der Waals surface area contributed by atoms with Gasteiger partial charge in [0.05, 0.1) is 6.10 Å². The van der Waals surface area contributed by atoms with Gasteiger partial charge in [0.25, 0.3) is 0 Å². The number of hydrogen-bond acceptors (Lipinski definition) is 6. The molecule has 1 unspecified atom stereocenters. The fourth-order valence-corrected chi connectivity index (χ4v) is 12.6. The molecule has 4 saturated carbocycles. The minimum Gasteiger partial charge on any atom is -0.462 e. The average Bonchev–Trinajstić information content (AvgIpc) is 3.63. The summed E-state index contributed by atoms with van der Waals surface area (Å²) in [6.07, 6.45) is 10.2. The SMILES string of the molecule is CC(=O)O[C@@H]1C[C@@]23C[C@@]24CCCC(C)(C)[C@@H]4CC=C3[C@]2(C)C[C@@H]3O[C@]4(C[C@@H](C)[C@@H]3[C@@]12C)OC(O)[C@@]1(C)O[C@@H]41. The van der Waals surface area contributed by atoms with Crippen molar-refractivity contribution in [3.8, 4) is 0 Å². The van der Waals surface area contributed by atoms with Gasteiger partial charge in [-0.2, -0.15) is 0 Å². The summed E-state index contributed by atoms with van der Waals surface area (Å²) >= 11 is 0. The lowest BCUT2D eigenvalue weighted by molar-refractivity contribution is -0.345. The Balaban J connectivity index is 1.24. The van der Waals surface area contributed by atoms with Crippen LogP contribution in [0.2, 0.25) is 0 Å². The van der Waals surface area contributed by atoms with E-state index in [1.54, 1.807) is 12.5 Å². The van der Waals surface area contributed by atoms with Crippen molar-refractivity contribution in [3.63, 3.8) is 0 Å². The quantitative estimate of drug-likeness (QED) is 0.276. The number of rotatable bonds is 1. The Hall–Kier alpha value is -0.950. The molecule has 7 fully saturated rings. The number of aliphatic hydroxyl groups excluding tert-OH is 1. The number of ether oxygens (including phenoxy) is 4. The van der Waals surface area contributed by atoms with Crippen molar-refractivity contribution < 1.29 is 28.8 Å². The maximum Gasteiger partial charge on any atom is 0.302 e. The first kappa shape index (κ1) is 24.8. The molecule has 6 nitrogen and oxygen atoms in total. The van der Waals surface area contributed by atoms with E-state index in [1.807, 2.05) is 6.92 Å². The molecule has 38 heavy (non-hydrogen) atoms. The maximum absolute atomic E-state index is 12.6. The van der Waals surface area contributed by atoms with E-state index in [0.717, 1.165) is 12.8 Å². The van der Waals surface area contributed by atoms with Gasteiger partial charge in [-0.15, -0.1) is 0 Å². The Morgan fingerprint density at radius 1 is 1.05 bits per heavy atom. The molecule has 0 aromatic carbocycles. The number of carbonyl (C=O) groups excluding carboxylic acids is 1. The number of esters is 1. The summed E-state index contributed by atoms with van der Waals surface area (Å²) in [7, 11) is 0. The summed E-state index contributed by atoms with van der Waals surface area (Å²) in [5.41, 5.74) is 1.50. The predicted octanol–water partition coefficient (Wildman–Crippen LogP) is 5.51. The van der Waals surface area contributed by atoms with Crippen LogP contribution in [0.3, 0.4) is 0 Å². The Bertz CT molecular complexity index is 1160. The van der Waals surface area contributed by atoms with Crippen LogP contribution < -0.4 is 0 Å². The van der Waals surface area contributed by atoms with Crippen LogP contribution in [0.4, 0.5) is 0 Å². The van der Waals surface area contributed by atoms with Gasteiger partial charge in [-0.25, -0.2) is 0 Å². The molecule has 210 valence electrons. The lowest BCUT2D eigenvalue weighted by Crippen LogP contribution is -2.60. The second-order valence-electron chi connectivity index (χ2n) is 16.1. The van der Waals surface area contributed by atoms with Crippen molar-refractivity contribution in [1.82, 2.24) is 0 Å². The molecule has 8 rings (SSSR count). The van der Waals surface area contributed by atoms with E-state index in [9.17, 15) is 9.90 Å². The van der Waals surface area contributed by atoms with Crippen LogP contribution in [-0.2, 0) is 23.7 Å². The first-order chi connectivity index (χ1) is 17.7. The Labute approximate surface area is 227 Å². The van der Waals surface area contributed by atoms with Crippen LogP contribution >= 0.6 is 0 Å². The molecule has 1 N–H and O–H groups in total. The van der Waals surface area contributed by atoms with Gasteiger partial charge in [-0.3, -0.25) is 4.79 Å². The number of aliphatic hydroxyl groups is 1. The highest BCUT2D eigenvalue weighted by Gasteiger charge is 2.85. The molecule has 8 aliphatic rings. The van der Waals surface area contributed by atoms with Crippen molar-refractivity contribution in [2.75, 3.05) is 0 Å². The van der Waals surface area contributed by atoms with Crippen LogP contribution in [0.1, 0.15) is 99.8 Å². The summed E-state index contributed by atoms with van der Waals surface area (Å²) in [6, 6.07) is 0. The average molecular weight is 527 g/mol. The number of fused-ring (bicyclic) bond motifs is 6. The molecule has 3 aliphatic heterocycles. The molecular formula is C32H46O6. The van der Waals surface area contributed by atoms with E-state index >= 15 is 0 Å². The van der Waals surface area contributed by atoms with Gasteiger partial charge in [0.1, 0.15) is 17.8 Å². The van der Waals surface area contributed by atoms with Gasteiger partial charge in [0.2, 0.25) is 5.79 Å². The van der Waals surface area contributed by atoms with Crippen LogP contribution in [0.25, 0.3) is 0 Å². The summed E-state index contributed by atoms with van der Waals surface area (Å²) in [5.74, 6) is 0.178. The lowest BCUT2D eigenvalue weighted by Gasteiger charge is -2.61. The first-order valence-electron chi connectivity index (χ1n) is 15.3. The van der Waals surface area contributed by atoms with E-state index in [4.69, 9.17) is 18.9 Å². The molecule has 6 heteroatoms. The molecule has 13 atom stereocenters. The third kappa shape index (κ3) is 2.48. The second-order valence-corrected chi connectivity index (χ2v) is 16.1. The molecule has 3 spiro atoms. The minimum atomic E-state index is -0.956. The third-order valence-electron chi connectivity index (χ3n) is 14.2. The standard InChI is InChI=1S/C32H46O6/c1-17-13-32(24-29(7,37-24)25(34)38-32)36-19-14-27(5)21-10-9-20-26(3,4)11-8-12-30(20)16-31(21,30)15-22(35-18(2)33)28(27,6)23(17)19/h10,17,19-20,22-25,34H,8-9,11-16H2,1-7H3/t17-,19+,20+,22-,23+,24-,25?,27+,28-,29+,30-,31+,32-/m1/s1. The van der Waals surface area contributed by atoms with E-state index in [0.29, 0.717) is 23.2 Å². The molecule has 0 bridgehead atoms. The van der Waals surface area contributed by atoms with E-state index in [-0.39, 0.29) is 52.4 Å². The Morgan fingerprint density at radius 3 is 2.47 bits per heavy atom. The van der Waals surface area contributed by atoms with Crippen LogP contribution in [-0.4, -0.2) is 47.1 Å². The normalized spacial score (nSPS) is 62.4. The smallest absolute Gasteiger partial charge is 0.302 e. The summed E-state index contributed by atoms with van der Waals surface area (Å²) < 4.78 is 25.6.